The van der Waals surface area contributed by atoms with Crippen LogP contribution in [0.15, 0.2) is 24.5 Å². The Morgan fingerprint density at radius 1 is 1.44 bits per heavy atom. The highest BCUT2D eigenvalue weighted by atomic mass is 16.5. The van der Waals surface area contributed by atoms with E-state index in [2.05, 4.69) is 11.1 Å². The summed E-state index contributed by atoms with van der Waals surface area (Å²) in [5, 5.41) is 0. The predicted molar refractivity (Wildman–Crippen MR) is 64.1 cm³/mol. The molecule has 0 bridgehead atoms. The van der Waals surface area contributed by atoms with Gasteiger partial charge in [-0.25, -0.2) is 0 Å². The topological polar surface area (TPSA) is 48.1 Å². The maximum Gasteiger partial charge on any atom is 0.0468 e. The second-order valence-corrected chi connectivity index (χ2v) is 4.62. The summed E-state index contributed by atoms with van der Waals surface area (Å²) in [7, 11) is 0. The number of hydrogen-bond acceptors (Lipinski definition) is 3. The fourth-order valence-corrected chi connectivity index (χ4v) is 2.32. The van der Waals surface area contributed by atoms with E-state index in [4.69, 9.17) is 10.5 Å². The third-order valence-electron chi connectivity index (χ3n) is 3.20. The van der Waals surface area contributed by atoms with Gasteiger partial charge in [0.15, 0.2) is 0 Å². The Hall–Kier alpha value is -0.930. The van der Waals surface area contributed by atoms with Crippen molar-refractivity contribution >= 4 is 0 Å². The molecule has 0 spiro atoms. The van der Waals surface area contributed by atoms with E-state index in [9.17, 15) is 0 Å². The highest BCUT2D eigenvalue weighted by molar-refractivity contribution is 5.09. The summed E-state index contributed by atoms with van der Waals surface area (Å²) in [4.78, 5) is 4.11. The molecule has 2 rings (SSSR count). The molecule has 1 saturated heterocycles. The van der Waals surface area contributed by atoms with Gasteiger partial charge < -0.3 is 10.5 Å². The van der Waals surface area contributed by atoms with E-state index in [1.165, 1.54) is 18.4 Å². The van der Waals surface area contributed by atoms with Crippen LogP contribution >= 0.6 is 0 Å². The number of hydrogen-bond donors (Lipinski definition) is 1. The number of pyridine rings is 1. The van der Waals surface area contributed by atoms with Gasteiger partial charge >= 0.3 is 0 Å². The first-order valence-corrected chi connectivity index (χ1v) is 6.07. The predicted octanol–water partition coefficient (Wildman–Crippen LogP) is 1.77. The van der Waals surface area contributed by atoms with Crippen LogP contribution in [-0.2, 0) is 11.2 Å². The third-order valence-corrected chi connectivity index (χ3v) is 3.20. The molecule has 1 fully saturated rings. The largest absolute Gasteiger partial charge is 0.381 e. The first-order chi connectivity index (χ1) is 7.84. The van der Waals surface area contributed by atoms with Gasteiger partial charge in [-0.2, -0.15) is 0 Å². The SMILES string of the molecule is NC(Cc1cccnc1)CC1CCOCC1. The van der Waals surface area contributed by atoms with Crippen molar-refractivity contribution in [3.63, 3.8) is 0 Å². The summed E-state index contributed by atoms with van der Waals surface area (Å²) >= 11 is 0. The molecule has 2 N–H and O–H groups in total. The molecule has 1 aromatic rings. The van der Waals surface area contributed by atoms with Gasteiger partial charge in [0.1, 0.15) is 0 Å². The molecule has 1 aliphatic heterocycles. The lowest BCUT2D eigenvalue weighted by Crippen LogP contribution is -2.28. The van der Waals surface area contributed by atoms with E-state index in [1.54, 1.807) is 6.20 Å². The van der Waals surface area contributed by atoms with Crippen LogP contribution in [0.4, 0.5) is 0 Å². The second kappa shape index (κ2) is 5.97. The van der Waals surface area contributed by atoms with Crippen molar-refractivity contribution in [3.05, 3.63) is 30.1 Å². The summed E-state index contributed by atoms with van der Waals surface area (Å²) in [6.45, 7) is 1.81. The Bertz CT molecular complexity index is 296. The van der Waals surface area contributed by atoms with Crippen molar-refractivity contribution in [3.8, 4) is 0 Å². The number of aromatic nitrogens is 1. The Kier molecular flexibility index (Phi) is 4.31. The van der Waals surface area contributed by atoms with Crippen LogP contribution in [0.2, 0.25) is 0 Å². The Morgan fingerprint density at radius 3 is 2.94 bits per heavy atom. The van der Waals surface area contributed by atoms with Gasteiger partial charge in [-0.15, -0.1) is 0 Å². The highest BCUT2D eigenvalue weighted by Crippen LogP contribution is 2.20. The lowest BCUT2D eigenvalue weighted by molar-refractivity contribution is 0.0619. The van der Waals surface area contributed by atoms with Gasteiger partial charge in [0.2, 0.25) is 0 Å². The summed E-state index contributed by atoms with van der Waals surface area (Å²) in [6, 6.07) is 4.32. The van der Waals surface area contributed by atoms with Crippen molar-refractivity contribution in [1.29, 1.82) is 0 Å². The van der Waals surface area contributed by atoms with E-state index in [-0.39, 0.29) is 6.04 Å². The molecule has 1 aliphatic rings. The van der Waals surface area contributed by atoms with Gasteiger partial charge in [0.05, 0.1) is 0 Å². The fraction of sp³-hybridized carbons (Fsp3) is 0.615. The van der Waals surface area contributed by atoms with Gasteiger partial charge in [0, 0.05) is 31.6 Å². The average Bonchev–Trinajstić information content (AvgIpc) is 2.31. The van der Waals surface area contributed by atoms with E-state index in [0.717, 1.165) is 32.0 Å². The first kappa shape index (κ1) is 11.6. The number of rotatable bonds is 4. The van der Waals surface area contributed by atoms with Gasteiger partial charge in [-0.1, -0.05) is 6.07 Å². The molecule has 0 radical (unpaired) electrons. The Morgan fingerprint density at radius 2 is 2.25 bits per heavy atom. The van der Waals surface area contributed by atoms with Crippen LogP contribution in [0.3, 0.4) is 0 Å². The maximum absolute atomic E-state index is 6.17. The van der Waals surface area contributed by atoms with Gasteiger partial charge in [-0.05, 0) is 43.2 Å². The number of ether oxygens (including phenoxy) is 1. The third kappa shape index (κ3) is 3.58. The van der Waals surface area contributed by atoms with Crippen LogP contribution in [0, 0.1) is 5.92 Å². The lowest BCUT2D eigenvalue weighted by Gasteiger charge is -2.24. The van der Waals surface area contributed by atoms with E-state index in [1.807, 2.05) is 12.3 Å². The number of nitrogens with two attached hydrogens (primary N) is 1. The van der Waals surface area contributed by atoms with Crippen molar-refractivity contribution in [2.45, 2.75) is 31.7 Å². The minimum atomic E-state index is 0.257. The van der Waals surface area contributed by atoms with E-state index < -0.39 is 0 Å². The normalized spacial score (nSPS) is 19.6. The van der Waals surface area contributed by atoms with Crippen LogP contribution < -0.4 is 5.73 Å². The number of nitrogens with zero attached hydrogens (tertiary/aromatic N) is 1. The fourth-order valence-electron chi connectivity index (χ4n) is 2.32. The molecule has 1 atom stereocenters. The molecule has 3 nitrogen and oxygen atoms in total. The van der Waals surface area contributed by atoms with Crippen molar-refractivity contribution in [2.75, 3.05) is 13.2 Å². The van der Waals surface area contributed by atoms with Crippen LogP contribution in [-0.4, -0.2) is 24.2 Å². The minimum Gasteiger partial charge on any atom is -0.381 e. The Balaban J connectivity index is 1.77. The van der Waals surface area contributed by atoms with Crippen LogP contribution in [0.25, 0.3) is 0 Å². The molecule has 1 aromatic heterocycles. The van der Waals surface area contributed by atoms with Gasteiger partial charge in [-0.3, -0.25) is 4.98 Å². The first-order valence-electron chi connectivity index (χ1n) is 6.07. The highest BCUT2D eigenvalue weighted by Gasteiger charge is 2.17. The van der Waals surface area contributed by atoms with E-state index >= 15 is 0 Å². The quantitative estimate of drug-likeness (QED) is 0.841. The smallest absolute Gasteiger partial charge is 0.0468 e. The zero-order valence-electron chi connectivity index (χ0n) is 9.64. The molecule has 0 amide bonds. The molecule has 0 saturated carbocycles. The molecular weight excluding hydrogens is 200 g/mol. The van der Waals surface area contributed by atoms with E-state index in [0.29, 0.717) is 0 Å². The standard InChI is InChI=1S/C13H20N2O/c14-13(8-11-3-6-16-7-4-11)9-12-2-1-5-15-10-12/h1-2,5,10-11,13H,3-4,6-9,14H2. The van der Waals surface area contributed by atoms with Crippen LogP contribution in [0.1, 0.15) is 24.8 Å². The molecule has 2 heterocycles. The maximum atomic E-state index is 6.17. The van der Waals surface area contributed by atoms with Gasteiger partial charge in [0.25, 0.3) is 0 Å². The molecule has 88 valence electrons. The molecule has 1 unspecified atom stereocenters. The summed E-state index contributed by atoms with van der Waals surface area (Å²) in [5.74, 6) is 0.750. The molecule has 0 aromatic carbocycles. The van der Waals surface area contributed by atoms with Crippen molar-refractivity contribution < 1.29 is 4.74 Å². The zero-order chi connectivity index (χ0) is 11.2. The second-order valence-electron chi connectivity index (χ2n) is 4.62. The summed E-state index contributed by atoms with van der Waals surface area (Å²) < 4.78 is 5.35. The molecule has 16 heavy (non-hydrogen) atoms. The summed E-state index contributed by atoms with van der Waals surface area (Å²) in [6.07, 6.45) is 8.09. The molecule has 3 heteroatoms. The minimum absolute atomic E-state index is 0.257. The average molecular weight is 220 g/mol. The lowest BCUT2D eigenvalue weighted by atomic mass is 9.90. The summed E-state index contributed by atoms with van der Waals surface area (Å²) in [5.41, 5.74) is 7.41. The Labute approximate surface area is 97.0 Å². The van der Waals surface area contributed by atoms with Crippen LogP contribution in [0.5, 0.6) is 0 Å². The van der Waals surface area contributed by atoms with Crippen molar-refractivity contribution in [1.82, 2.24) is 4.98 Å². The molecular formula is C13H20N2O. The molecule has 0 aliphatic carbocycles. The monoisotopic (exact) mass is 220 g/mol. The zero-order valence-corrected chi connectivity index (χ0v) is 9.64. The van der Waals surface area contributed by atoms with Crippen molar-refractivity contribution in [2.24, 2.45) is 11.7 Å².